The van der Waals surface area contributed by atoms with Crippen molar-refractivity contribution in [3.8, 4) is 22.8 Å². The van der Waals surface area contributed by atoms with Gasteiger partial charge in [-0.3, -0.25) is 0 Å². The average molecular weight is 398 g/mol. The first kappa shape index (κ1) is 17.8. The van der Waals surface area contributed by atoms with Crippen molar-refractivity contribution in [2.45, 2.75) is 24.4 Å². The van der Waals surface area contributed by atoms with Gasteiger partial charge in [-0.1, -0.05) is 53.7 Å². The van der Waals surface area contributed by atoms with Crippen molar-refractivity contribution >= 4 is 23.4 Å². The molecule has 4 aromatic rings. The molecular formula is C19H16ClN5OS. The molecule has 0 amide bonds. The summed E-state index contributed by atoms with van der Waals surface area (Å²) in [5, 5.41) is 18.3. The Kier molecular flexibility index (Phi) is 5.22. The number of nitrogens with zero attached hydrogens (tertiary/aromatic N) is 5. The van der Waals surface area contributed by atoms with Gasteiger partial charge < -0.3 is 8.98 Å². The molecule has 2 aromatic carbocycles. The topological polar surface area (TPSA) is 69.6 Å². The highest BCUT2D eigenvalue weighted by Gasteiger charge is 2.16. The Hall–Kier alpha value is -2.64. The van der Waals surface area contributed by atoms with E-state index in [0.717, 1.165) is 28.7 Å². The minimum absolute atomic E-state index is 0.514. The molecule has 0 aliphatic heterocycles. The smallest absolute Gasteiger partial charge is 0.247 e. The maximum atomic E-state index is 6.31. The third kappa shape index (κ3) is 3.74. The SMILES string of the molecule is CCn1c(SCc2nnc(-c3ccccc3)o2)nnc1-c1ccccc1Cl. The fourth-order valence-corrected chi connectivity index (χ4v) is 3.72. The standard InChI is InChI=1S/C19H16ClN5OS/c1-2-25-17(14-10-6-7-11-15(14)20)22-24-19(25)27-12-16-21-23-18(26-16)13-8-4-3-5-9-13/h3-11H,2,12H2,1H3. The molecule has 0 bridgehead atoms. The Labute approximate surface area is 165 Å². The van der Waals surface area contributed by atoms with E-state index in [9.17, 15) is 0 Å². The molecule has 0 radical (unpaired) electrons. The lowest BCUT2D eigenvalue weighted by molar-refractivity contribution is 0.528. The van der Waals surface area contributed by atoms with Crippen LogP contribution >= 0.6 is 23.4 Å². The van der Waals surface area contributed by atoms with E-state index in [1.807, 2.05) is 66.1 Å². The van der Waals surface area contributed by atoms with Crippen molar-refractivity contribution in [2.24, 2.45) is 0 Å². The molecule has 0 unspecified atom stereocenters. The summed E-state index contributed by atoms with van der Waals surface area (Å²) in [6.45, 7) is 2.78. The third-order valence-electron chi connectivity index (χ3n) is 3.96. The van der Waals surface area contributed by atoms with Gasteiger partial charge in [-0.25, -0.2) is 0 Å². The zero-order valence-electron chi connectivity index (χ0n) is 14.5. The second-order valence-corrected chi connectivity index (χ2v) is 7.04. The number of thioether (sulfide) groups is 1. The number of hydrogen-bond acceptors (Lipinski definition) is 6. The normalized spacial score (nSPS) is 11.0. The van der Waals surface area contributed by atoms with Crippen LogP contribution in [0.15, 0.2) is 64.2 Å². The van der Waals surface area contributed by atoms with Gasteiger partial charge in [0.1, 0.15) is 0 Å². The predicted octanol–water partition coefficient (Wildman–Crippen LogP) is 4.96. The van der Waals surface area contributed by atoms with Crippen LogP contribution in [-0.4, -0.2) is 25.0 Å². The second-order valence-electron chi connectivity index (χ2n) is 5.69. The summed E-state index contributed by atoms with van der Waals surface area (Å²) < 4.78 is 7.78. The first-order chi connectivity index (χ1) is 13.3. The maximum Gasteiger partial charge on any atom is 0.247 e. The predicted molar refractivity (Wildman–Crippen MR) is 105 cm³/mol. The summed E-state index contributed by atoms with van der Waals surface area (Å²) in [4.78, 5) is 0. The molecule has 6 nitrogen and oxygen atoms in total. The Morgan fingerprint density at radius 2 is 1.74 bits per heavy atom. The zero-order chi connectivity index (χ0) is 18.6. The van der Waals surface area contributed by atoms with Crippen LogP contribution < -0.4 is 0 Å². The summed E-state index contributed by atoms with van der Waals surface area (Å²) >= 11 is 7.81. The van der Waals surface area contributed by atoms with E-state index in [1.165, 1.54) is 11.8 Å². The lowest BCUT2D eigenvalue weighted by atomic mass is 10.2. The van der Waals surface area contributed by atoms with Crippen LogP contribution in [0.5, 0.6) is 0 Å². The van der Waals surface area contributed by atoms with Crippen LogP contribution in [0.4, 0.5) is 0 Å². The first-order valence-corrected chi connectivity index (χ1v) is 9.81. The van der Waals surface area contributed by atoms with Gasteiger partial charge in [-0.05, 0) is 31.2 Å². The molecule has 0 aliphatic carbocycles. The molecule has 0 saturated carbocycles. The van der Waals surface area contributed by atoms with Crippen LogP contribution in [0.1, 0.15) is 12.8 Å². The fourth-order valence-electron chi connectivity index (χ4n) is 2.66. The quantitative estimate of drug-likeness (QED) is 0.428. The van der Waals surface area contributed by atoms with Gasteiger partial charge in [0.15, 0.2) is 11.0 Å². The molecule has 136 valence electrons. The lowest BCUT2D eigenvalue weighted by Crippen LogP contribution is -2.00. The Balaban J connectivity index is 1.53. The summed E-state index contributed by atoms with van der Waals surface area (Å²) in [6, 6.07) is 17.3. The second kappa shape index (κ2) is 7.94. The van der Waals surface area contributed by atoms with Gasteiger partial charge in [0, 0.05) is 17.7 Å². The Morgan fingerprint density at radius 3 is 2.52 bits per heavy atom. The lowest BCUT2D eigenvalue weighted by Gasteiger charge is -2.07. The van der Waals surface area contributed by atoms with E-state index in [-0.39, 0.29) is 0 Å². The molecule has 0 saturated heterocycles. The highest BCUT2D eigenvalue weighted by atomic mass is 35.5. The number of rotatable bonds is 6. The van der Waals surface area contributed by atoms with Crippen LogP contribution in [0.2, 0.25) is 5.02 Å². The van der Waals surface area contributed by atoms with E-state index in [4.69, 9.17) is 16.0 Å². The molecule has 0 aliphatic rings. The molecule has 0 atom stereocenters. The fraction of sp³-hybridized carbons (Fsp3) is 0.158. The van der Waals surface area contributed by atoms with Crippen LogP contribution in [0, 0.1) is 0 Å². The average Bonchev–Trinajstić information content (AvgIpc) is 3.34. The van der Waals surface area contributed by atoms with Gasteiger partial charge in [-0.15, -0.1) is 20.4 Å². The summed E-state index contributed by atoms with van der Waals surface area (Å²) in [5.74, 6) is 2.32. The van der Waals surface area contributed by atoms with Crippen molar-refractivity contribution in [2.75, 3.05) is 0 Å². The molecule has 0 spiro atoms. The Morgan fingerprint density at radius 1 is 0.963 bits per heavy atom. The third-order valence-corrected chi connectivity index (χ3v) is 5.24. The van der Waals surface area contributed by atoms with Crippen molar-refractivity contribution in [3.05, 3.63) is 65.5 Å². The largest absolute Gasteiger partial charge is 0.420 e. The highest BCUT2D eigenvalue weighted by molar-refractivity contribution is 7.98. The number of aromatic nitrogens is 5. The summed E-state index contributed by atoms with van der Waals surface area (Å²) in [7, 11) is 0. The van der Waals surface area contributed by atoms with Gasteiger partial charge in [0.25, 0.3) is 0 Å². The minimum atomic E-state index is 0.514. The molecule has 2 aromatic heterocycles. The molecule has 4 rings (SSSR count). The molecule has 2 heterocycles. The summed E-state index contributed by atoms with van der Waals surface area (Å²) in [5.41, 5.74) is 1.77. The van der Waals surface area contributed by atoms with E-state index in [1.54, 1.807) is 0 Å². The van der Waals surface area contributed by atoms with Crippen LogP contribution in [0.25, 0.3) is 22.8 Å². The van der Waals surface area contributed by atoms with Crippen molar-refractivity contribution < 1.29 is 4.42 Å². The molecular weight excluding hydrogens is 382 g/mol. The zero-order valence-corrected chi connectivity index (χ0v) is 16.1. The van der Waals surface area contributed by atoms with Crippen molar-refractivity contribution in [3.63, 3.8) is 0 Å². The van der Waals surface area contributed by atoms with Crippen molar-refractivity contribution in [1.29, 1.82) is 0 Å². The van der Waals surface area contributed by atoms with Gasteiger partial charge in [-0.2, -0.15) is 0 Å². The van der Waals surface area contributed by atoms with Crippen LogP contribution in [-0.2, 0) is 12.3 Å². The minimum Gasteiger partial charge on any atom is -0.420 e. The molecule has 8 heteroatoms. The summed E-state index contributed by atoms with van der Waals surface area (Å²) in [6.07, 6.45) is 0. The first-order valence-electron chi connectivity index (χ1n) is 8.45. The van der Waals surface area contributed by atoms with E-state index in [0.29, 0.717) is 22.6 Å². The molecule has 27 heavy (non-hydrogen) atoms. The molecule has 0 fully saturated rings. The van der Waals surface area contributed by atoms with E-state index >= 15 is 0 Å². The number of halogens is 1. The van der Waals surface area contributed by atoms with Crippen molar-refractivity contribution in [1.82, 2.24) is 25.0 Å². The Bertz CT molecular complexity index is 1050. The number of benzene rings is 2. The monoisotopic (exact) mass is 397 g/mol. The number of hydrogen-bond donors (Lipinski definition) is 0. The van der Waals surface area contributed by atoms with E-state index < -0.39 is 0 Å². The molecule has 0 N–H and O–H groups in total. The van der Waals surface area contributed by atoms with Gasteiger partial charge in [0.05, 0.1) is 10.8 Å². The van der Waals surface area contributed by atoms with Gasteiger partial charge >= 0.3 is 0 Å². The highest BCUT2D eigenvalue weighted by Crippen LogP contribution is 2.30. The van der Waals surface area contributed by atoms with Gasteiger partial charge in [0.2, 0.25) is 11.8 Å². The maximum absolute atomic E-state index is 6.31. The van der Waals surface area contributed by atoms with E-state index in [2.05, 4.69) is 20.4 Å². The van der Waals surface area contributed by atoms with Crippen LogP contribution in [0.3, 0.4) is 0 Å².